The molecule has 1 N–H and O–H groups in total. The zero-order chi connectivity index (χ0) is 19.5. The Bertz CT molecular complexity index is 971. The summed E-state index contributed by atoms with van der Waals surface area (Å²) in [5.41, 5.74) is 2.80. The summed E-state index contributed by atoms with van der Waals surface area (Å²) in [6.45, 7) is 2.74. The van der Waals surface area contributed by atoms with Gasteiger partial charge in [0.2, 0.25) is 11.7 Å². The largest absolute Gasteiger partial charge is 0.337 e. The number of aromatic nitrogens is 2. The molecule has 1 saturated heterocycles. The molecule has 1 aromatic heterocycles. The maximum absolute atomic E-state index is 12.8. The van der Waals surface area contributed by atoms with Crippen molar-refractivity contribution in [3.05, 3.63) is 65.0 Å². The van der Waals surface area contributed by atoms with Crippen LogP contribution in [0.25, 0.3) is 11.4 Å². The van der Waals surface area contributed by atoms with E-state index in [4.69, 9.17) is 16.1 Å². The van der Waals surface area contributed by atoms with Gasteiger partial charge in [0.1, 0.15) is 6.04 Å². The normalized spacial score (nSPS) is 16.4. The Labute approximate surface area is 168 Å². The second-order valence-corrected chi connectivity index (χ2v) is 7.24. The van der Waals surface area contributed by atoms with Crippen molar-refractivity contribution in [1.29, 1.82) is 0 Å². The fraction of sp³-hybridized carbons (Fsp3) is 0.286. The summed E-state index contributed by atoms with van der Waals surface area (Å²) in [5, 5.41) is 7.71. The maximum atomic E-state index is 12.8. The van der Waals surface area contributed by atoms with Gasteiger partial charge in [0.25, 0.3) is 0 Å². The Hall–Kier alpha value is -2.86. The number of urea groups is 1. The van der Waals surface area contributed by atoms with Crippen LogP contribution in [0.2, 0.25) is 5.02 Å². The molecule has 1 aliphatic heterocycles. The number of hydrogen-bond acceptors (Lipinski definition) is 4. The van der Waals surface area contributed by atoms with E-state index in [-0.39, 0.29) is 12.1 Å². The van der Waals surface area contributed by atoms with E-state index in [9.17, 15) is 4.79 Å². The first-order valence-corrected chi connectivity index (χ1v) is 9.78. The quantitative estimate of drug-likeness (QED) is 0.647. The molecule has 1 atom stereocenters. The van der Waals surface area contributed by atoms with Crippen LogP contribution in [0.5, 0.6) is 0 Å². The fourth-order valence-corrected chi connectivity index (χ4v) is 3.54. The predicted molar refractivity (Wildman–Crippen MR) is 108 cm³/mol. The summed E-state index contributed by atoms with van der Waals surface area (Å²) in [7, 11) is 0. The third kappa shape index (κ3) is 3.87. The maximum Gasteiger partial charge on any atom is 0.322 e. The zero-order valence-electron chi connectivity index (χ0n) is 15.6. The minimum Gasteiger partial charge on any atom is -0.337 e. The number of rotatable bonds is 4. The lowest BCUT2D eigenvalue weighted by Crippen LogP contribution is -2.34. The molecule has 2 amide bonds. The summed E-state index contributed by atoms with van der Waals surface area (Å²) < 4.78 is 5.48. The summed E-state index contributed by atoms with van der Waals surface area (Å²) in [5.74, 6) is 0.953. The third-order valence-corrected chi connectivity index (χ3v) is 5.18. The van der Waals surface area contributed by atoms with Gasteiger partial charge in [-0.1, -0.05) is 35.8 Å². The first-order valence-electron chi connectivity index (χ1n) is 9.40. The van der Waals surface area contributed by atoms with E-state index in [1.54, 1.807) is 17.0 Å². The van der Waals surface area contributed by atoms with E-state index >= 15 is 0 Å². The molecule has 0 spiro atoms. The van der Waals surface area contributed by atoms with Crippen molar-refractivity contribution in [1.82, 2.24) is 15.0 Å². The van der Waals surface area contributed by atoms with Crippen LogP contribution in [-0.2, 0) is 6.42 Å². The lowest BCUT2D eigenvalue weighted by Gasteiger charge is -2.22. The predicted octanol–water partition coefficient (Wildman–Crippen LogP) is 5.32. The van der Waals surface area contributed by atoms with Gasteiger partial charge in [-0.3, -0.25) is 0 Å². The van der Waals surface area contributed by atoms with Gasteiger partial charge < -0.3 is 14.7 Å². The summed E-state index contributed by atoms with van der Waals surface area (Å²) >= 11 is 5.93. The van der Waals surface area contributed by atoms with E-state index in [1.807, 2.05) is 36.4 Å². The Morgan fingerprint density at radius 1 is 1.29 bits per heavy atom. The molecular formula is C21H21ClN4O2. The Balaban J connectivity index is 1.50. The van der Waals surface area contributed by atoms with Crippen LogP contribution < -0.4 is 5.32 Å². The van der Waals surface area contributed by atoms with Gasteiger partial charge in [-0.2, -0.15) is 4.98 Å². The first-order chi connectivity index (χ1) is 13.6. The minimum absolute atomic E-state index is 0.151. The number of hydrogen-bond donors (Lipinski definition) is 1. The monoisotopic (exact) mass is 396 g/mol. The minimum atomic E-state index is -0.220. The van der Waals surface area contributed by atoms with Gasteiger partial charge in [-0.15, -0.1) is 0 Å². The average molecular weight is 397 g/mol. The number of nitrogens with one attached hydrogen (secondary N) is 1. The standard InChI is InChI=1S/C21H21ClN4O2/c1-2-14-5-3-6-17(13-14)23-21(27)26-12-4-7-18(26)20-24-19(25-28-20)15-8-10-16(22)11-9-15/h3,5-6,8-11,13,18H,2,4,7,12H2,1H3,(H,23,27)/t18-/m0/s1. The summed E-state index contributed by atoms with van der Waals surface area (Å²) in [6.07, 6.45) is 2.61. The van der Waals surface area contributed by atoms with Crippen molar-refractivity contribution in [3.8, 4) is 11.4 Å². The van der Waals surface area contributed by atoms with Gasteiger partial charge in [-0.05, 0) is 61.2 Å². The van der Waals surface area contributed by atoms with Crippen LogP contribution in [0.15, 0.2) is 53.1 Å². The SMILES string of the molecule is CCc1cccc(NC(=O)N2CCC[C@H]2c2nc(-c3ccc(Cl)cc3)no2)c1. The van der Waals surface area contributed by atoms with E-state index in [0.717, 1.165) is 30.5 Å². The molecule has 4 rings (SSSR count). The van der Waals surface area contributed by atoms with Gasteiger partial charge in [0.05, 0.1) is 0 Å². The molecule has 0 unspecified atom stereocenters. The number of aryl methyl sites for hydroxylation is 1. The Morgan fingerprint density at radius 2 is 2.11 bits per heavy atom. The van der Waals surface area contributed by atoms with Gasteiger partial charge in [0, 0.05) is 22.8 Å². The Morgan fingerprint density at radius 3 is 2.89 bits per heavy atom. The molecule has 2 heterocycles. The van der Waals surface area contributed by atoms with Crippen LogP contribution in [0.4, 0.5) is 10.5 Å². The molecule has 1 fully saturated rings. The molecule has 1 aliphatic rings. The Kier molecular flexibility index (Phi) is 5.30. The second kappa shape index (κ2) is 8.02. The first kappa shape index (κ1) is 18.5. The molecule has 2 aromatic carbocycles. The van der Waals surface area contributed by atoms with Crippen molar-refractivity contribution in [3.63, 3.8) is 0 Å². The van der Waals surface area contributed by atoms with Crippen LogP contribution >= 0.6 is 11.6 Å². The number of amides is 2. The molecule has 144 valence electrons. The number of likely N-dealkylation sites (tertiary alicyclic amines) is 1. The molecule has 0 radical (unpaired) electrons. The highest BCUT2D eigenvalue weighted by Crippen LogP contribution is 2.32. The second-order valence-electron chi connectivity index (χ2n) is 6.80. The van der Waals surface area contributed by atoms with Crippen LogP contribution in [0.1, 0.15) is 37.3 Å². The van der Waals surface area contributed by atoms with Gasteiger partial charge >= 0.3 is 6.03 Å². The highest BCUT2D eigenvalue weighted by molar-refractivity contribution is 6.30. The lowest BCUT2D eigenvalue weighted by molar-refractivity contribution is 0.193. The number of halogens is 1. The highest BCUT2D eigenvalue weighted by Gasteiger charge is 2.34. The summed E-state index contributed by atoms with van der Waals surface area (Å²) in [6, 6.07) is 14.8. The zero-order valence-corrected chi connectivity index (χ0v) is 16.3. The van der Waals surface area contributed by atoms with Crippen LogP contribution in [-0.4, -0.2) is 27.6 Å². The molecule has 0 saturated carbocycles. The van der Waals surface area contributed by atoms with E-state index in [0.29, 0.717) is 23.3 Å². The number of nitrogens with zero attached hydrogens (tertiary/aromatic N) is 3. The van der Waals surface area contributed by atoms with Gasteiger partial charge in [-0.25, -0.2) is 4.79 Å². The average Bonchev–Trinajstić information content (AvgIpc) is 3.38. The highest BCUT2D eigenvalue weighted by atomic mass is 35.5. The smallest absolute Gasteiger partial charge is 0.322 e. The van der Waals surface area contributed by atoms with E-state index < -0.39 is 0 Å². The van der Waals surface area contributed by atoms with E-state index in [1.165, 1.54) is 5.56 Å². The van der Waals surface area contributed by atoms with Crippen molar-refractivity contribution in [2.45, 2.75) is 32.2 Å². The molecule has 0 bridgehead atoms. The van der Waals surface area contributed by atoms with Crippen LogP contribution in [0.3, 0.4) is 0 Å². The fourth-order valence-electron chi connectivity index (χ4n) is 3.42. The van der Waals surface area contributed by atoms with Crippen LogP contribution in [0, 0.1) is 0 Å². The molecule has 6 nitrogen and oxygen atoms in total. The van der Waals surface area contributed by atoms with Crippen molar-refractivity contribution in [2.75, 3.05) is 11.9 Å². The topological polar surface area (TPSA) is 71.3 Å². The van der Waals surface area contributed by atoms with Gasteiger partial charge in [0.15, 0.2) is 0 Å². The number of benzene rings is 2. The lowest BCUT2D eigenvalue weighted by atomic mass is 10.1. The van der Waals surface area contributed by atoms with Crippen molar-refractivity contribution < 1.29 is 9.32 Å². The molecule has 7 heteroatoms. The molecule has 3 aromatic rings. The summed E-state index contributed by atoms with van der Waals surface area (Å²) in [4.78, 5) is 19.1. The number of anilines is 1. The third-order valence-electron chi connectivity index (χ3n) is 4.93. The number of carbonyl (C=O) groups excluding carboxylic acids is 1. The van der Waals surface area contributed by atoms with E-state index in [2.05, 4.69) is 22.4 Å². The molecule has 28 heavy (non-hydrogen) atoms. The van der Waals surface area contributed by atoms with Crippen molar-refractivity contribution in [2.24, 2.45) is 0 Å². The molecule has 0 aliphatic carbocycles. The number of carbonyl (C=O) groups is 1. The molecular weight excluding hydrogens is 376 g/mol. The van der Waals surface area contributed by atoms with Crippen molar-refractivity contribution >= 4 is 23.3 Å².